The fourth-order valence-electron chi connectivity index (χ4n) is 2.36. The first-order valence-electron chi connectivity index (χ1n) is 7.87. The van der Waals surface area contributed by atoms with Crippen LogP contribution in [-0.2, 0) is 19.6 Å². The van der Waals surface area contributed by atoms with Crippen LogP contribution in [0, 0.1) is 0 Å². The second-order valence-electron chi connectivity index (χ2n) is 5.68. The summed E-state index contributed by atoms with van der Waals surface area (Å²) in [7, 11) is -3.93. The summed E-state index contributed by atoms with van der Waals surface area (Å²) in [5, 5.41) is 7.92. The highest BCUT2D eigenvalue weighted by Gasteiger charge is 2.17. The maximum atomic E-state index is 12.1. The van der Waals surface area contributed by atoms with Crippen molar-refractivity contribution in [2.45, 2.75) is 4.90 Å². The van der Waals surface area contributed by atoms with Crippen LogP contribution >= 0.6 is 0 Å². The van der Waals surface area contributed by atoms with Crippen LogP contribution in [0.25, 0.3) is 11.0 Å². The number of primary sulfonamides is 1. The number of benzene rings is 2. The topological polar surface area (TPSA) is 146 Å². The Balaban J connectivity index is 1.67. The van der Waals surface area contributed by atoms with Crippen molar-refractivity contribution in [3.05, 3.63) is 70.6 Å². The van der Waals surface area contributed by atoms with Crippen LogP contribution < -0.4 is 16.1 Å². The molecule has 0 aliphatic rings. The molecule has 1 amide bonds. The quantitative estimate of drug-likeness (QED) is 0.482. The second-order valence-corrected chi connectivity index (χ2v) is 7.24. The molecule has 2 aromatic carbocycles. The van der Waals surface area contributed by atoms with Gasteiger partial charge < -0.3 is 14.5 Å². The van der Waals surface area contributed by atoms with Crippen molar-refractivity contribution in [2.24, 2.45) is 5.14 Å². The minimum atomic E-state index is -3.93. The van der Waals surface area contributed by atoms with Gasteiger partial charge in [-0.25, -0.2) is 23.1 Å². The van der Waals surface area contributed by atoms with Gasteiger partial charge in [0.25, 0.3) is 5.91 Å². The van der Waals surface area contributed by atoms with Gasteiger partial charge in [0.2, 0.25) is 10.0 Å². The summed E-state index contributed by atoms with van der Waals surface area (Å²) < 4.78 is 32.5. The number of hydrogen-bond donors (Lipinski definition) is 2. The van der Waals surface area contributed by atoms with E-state index >= 15 is 0 Å². The summed E-state index contributed by atoms with van der Waals surface area (Å²) in [5.41, 5.74) is -0.762. The molecule has 0 spiro atoms. The Morgan fingerprint density at radius 1 is 1.07 bits per heavy atom. The van der Waals surface area contributed by atoms with Gasteiger partial charge in [0.05, 0.1) is 4.90 Å². The Morgan fingerprint density at radius 3 is 2.57 bits per heavy atom. The molecule has 3 N–H and O–H groups in total. The molecule has 0 saturated heterocycles. The molecule has 0 bridgehead atoms. The van der Waals surface area contributed by atoms with E-state index in [9.17, 15) is 22.8 Å². The molecule has 144 valence electrons. The van der Waals surface area contributed by atoms with Gasteiger partial charge in [0.1, 0.15) is 11.1 Å². The van der Waals surface area contributed by atoms with E-state index in [4.69, 9.17) is 14.3 Å². The predicted octanol–water partition coefficient (Wildman–Crippen LogP) is 1.24. The number of fused-ring (bicyclic) bond motifs is 1. The van der Waals surface area contributed by atoms with Gasteiger partial charge in [-0.3, -0.25) is 4.79 Å². The van der Waals surface area contributed by atoms with Crippen LogP contribution in [0.5, 0.6) is 0 Å². The molecule has 0 aliphatic heterocycles. The average Bonchev–Trinajstić information content (AvgIpc) is 2.65. The van der Waals surface area contributed by atoms with Crippen LogP contribution in [0.15, 0.2) is 68.7 Å². The summed E-state index contributed by atoms with van der Waals surface area (Å²) >= 11 is 0. The molecule has 0 fully saturated rings. The van der Waals surface area contributed by atoms with Gasteiger partial charge in [-0.05, 0) is 30.3 Å². The molecular weight excluding hydrogens is 388 g/mol. The number of esters is 1. The van der Waals surface area contributed by atoms with Crippen LogP contribution in [0.2, 0.25) is 0 Å². The van der Waals surface area contributed by atoms with E-state index in [1.54, 1.807) is 24.3 Å². The van der Waals surface area contributed by atoms with E-state index in [-0.39, 0.29) is 16.1 Å². The molecule has 0 atom stereocenters. The third-order valence-electron chi connectivity index (χ3n) is 3.64. The van der Waals surface area contributed by atoms with Crippen molar-refractivity contribution < 1.29 is 27.2 Å². The maximum absolute atomic E-state index is 12.1. The van der Waals surface area contributed by atoms with Gasteiger partial charge in [-0.1, -0.05) is 24.3 Å². The molecule has 9 nitrogen and oxygen atoms in total. The Hall–Kier alpha value is -3.50. The molecule has 0 radical (unpaired) electrons. The fraction of sp³-hybridized carbons (Fsp3) is 0.0556. The summed E-state index contributed by atoms with van der Waals surface area (Å²) in [6, 6.07) is 13.2. The van der Waals surface area contributed by atoms with Gasteiger partial charge in [0, 0.05) is 11.1 Å². The Morgan fingerprint density at radius 2 is 1.82 bits per heavy atom. The maximum Gasteiger partial charge on any atom is 0.351 e. The van der Waals surface area contributed by atoms with E-state index in [0.29, 0.717) is 11.0 Å². The van der Waals surface area contributed by atoms with Crippen LogP contribution in [0.3, 0.4) is 0 Å². The van der Waals surface area contributed by atoms with Crippen molar-refractivity contribution in [3.63, 3.8) is 0 Å². The first-order valence-corrected chi connectivity index (χ1v) is 9.41. The number of rotatable bonds is 5. The van der Waals surface area contributed by atoms with Gasteiger partial charge >= 0.3 is 11.6 Å². The van der Waals surface area contributed by atoms with E-state index in [2.05, 4.69) is 5.32 Å². The molecule has 28 heavy (non-hydrogen) atoms. The predicted molar refractivity (Wildman–Crippen MR) is 99.2 cm³/mol. The number of anilines is 1. The second kappa shape index (κ2) is 7.62. The van der Waals surface area contributed by atoms with Crippen molar-refractivity contribution in [1.29, 1.82) is 0 Å². The van der Waals surface area contributed by atoms with Gasteiger partial charge in [-0.2, -0.15) is 0 Å². The number of ether oxygens (including phenoxy) is 1. The fourth-order valence-corrected chi connectivity index (χ4v) is 2.92. The van der Waals surface area contributed by atoms with E-state index in [0.717, 1.165) is 6.07 Å². The SMILES string of the molecule is NS(=O)(=O)c1cccc(NC(=O)COC(=O)c2cc3ccccc3oc2=O)c1. The summed E-state index contributed by atoms with van der Waals surface area (Å²) in [6.07, 6.45) is 0. The average molecular weight is 402 g/mol. The number of nitrogens with two attached hydrogens (primary N) is 1. The molecule has 0 aliphatic carbocycles. The summed E-state index contributed by atoms with van der Waals surface area (Å²) in [4.78, 5) is 35.8. The van der Waals surface area contributed by atoms with Gasteiger partial charge in [0.15, 0.2) is 6.61 Å². The monoisotopic (exact) mass is 402 g/mol. The lowest BCUT2D eigenvalue weighted by Crippen LogP contribution is -2.23. The van der Waals surface area contributed by atoms with E-state index in [1.165, 1.54) is 24.3 Å². The molecule has 1 aromatic heterocycles. The smallest absolute Gasteiger partial charge is 0.351 e. The third kappa shape index (κ3) is 4.42. The molecule has 0 unspecified atom stereocenters. The minimum absolute atomic E-state index is 0.151. The molecule has 0 saturated carbocycles. The van der Waals surface area contributed by atoms with Crippen molar-refractivity contribution >= 4 is 38.6 Å². The van der Waals surface area contributed by atoms with Crippen molar-refractivity contribution in [2.75, 3.05) is 11.9 Å². The third-order valence-corrected chi connectivity index (χ3v) is 4.55. The van der Waals surface area contributed by atoms with Crippen LogP contribution in [0.1, 0.15) is 10.4 Å². The number of nitrogens with one attached hydrogen (secondary N) is 1. The number of para-hydroxylation sites is 1. The largest absolute Gasteiger partial charge is 0.452 e. The zero-order valence-corrected chi connectivity index (χ0v) is 15.1. The zero-order valence-electron chi connectivity index (χ0n) is 14.2. The number of amides is 1. The first kappa shape index (κ1) is 19.3. The lowest BCUT2D eigenvalue weighted by atomic mass is 10.2. The number of carbonyl (C=O) groups is 2. The highest BCUT2D eigenvalue weighted by atomic mass is 32.2. The highest BCUT2D eigenvalue weighted by Crippen LogP contribution is 2.15. The number of carbonyl (C=O) groups excluding carboxylic acids is 2. The molecule has 10 heteroatoms. The molecule has 1 heterocycles. The molecule has 3 rings (SSSR count). The minimum Gasteiger partial charge on any atom is -0.452 e. The van der Waals surface area contributed by atoms with Crippen molar-refractivity contribution in [3.8, 4) is 0 Å². The van der Waals surface area contributed by atoms with Crippen LogP contribution in [0.4, 0.5) is 5.69 Å². The molecule has 3 aromatic rings. The Kier molecular flexibility index (Phi) is 5.25. The van der Waals surface area contributed by atoms with Gasteiger partial charge in [-0.15, -0.1) is 0 Å². The van der Waals surface area contributed by atoms with E-state index < -0.39 is 34.1 Å². The lowest BCUT2D eigenvalue weighted by Gasteiger charge is -2.07. The number of hydrogen-bond acceptors (Lipinski definition) is 7. The van der Waals surface area contributed by atoms with Crippen molar-refractivity contribution in [1.82, 2.24) is 0 Å². The standard InChI is InChI=1S/C18H14N2O7S/c19-28(24,25)13-6-3-5-12(9-13)20-16(21)10-26-17(22)14-8-11-4-1-2-7-15(11)27-18(14)23/h1-9H,10H2,(H,20,21)(H2,19,24,25). The molecular formula is C18H14N2O7S. The normalized spacial score (nSPS) is 11.2. The Bertz CT molecular complexity index is 1230. The highest BCUT2D eigenvalue weighted by molar-refractivity contribution is 7.89. The number of sulfonamides is 1. The first-order chi connectivity index (χ1) is 13.2. The summed E-state index contributed by atoms with van der Waals surface area (Å²) in [5.74, 6) is -1.75. The van der Waals surface area contributed by atoms with Crippen LogP contribution in [-0.4, -0.2) is 26.9 Å². The summed E-state index contributed by atoms with van der Waals surface area (Å²) in [6.45, 7) is -0.690. The lowest BCUT2D eigenvalue weighted by molar-refractivity contribution is -0.119. The van der Waals surface area contributed by atoms with E-state index in [1.807, 2.05) is 0 Å². The zero-order chi connectivity index (χ0) is 20.3. The Labute approximate surface area is 158 Å².